The Bertz CT molecular complexity index is 503. The van der Waals surface area contributed by atoms with Gasteiger partial charge in [-0.1, -0.05) is 6.92 Å². The van der Waals surface area contributed by atoms with Crippen LogP contribution in [0, 0.1) is 15.9 Å². The summed E-state index contributed by atoms with van der Waals surface area (Å²) in [6.07, 6.45) is 0.441. The predicted molar refractivity (Wildman–Crippen MR) is 66.3 cm³/mol. The maximum Gasteiger partial charge on any atom is 0.305 e. The van der Waals surface area contributed by atoms with E-state index in [1.165, 1.54) is 0 Å². The topological polar surface area (TPSA) is 92.5 Å². The van der Waals surface area contributed by atoms with Gasteiger partial charge in [0, 0.05) is 18.2 Å². The Labute approximate surface area is 109 Å². The average molecular weight is 270 g/mol. The number of carbonyl (C=O) groups is 1. The molecule has 1 aromatic rings. The summed E-state index contributed by atoms with van der Waals surface area (Å²) in [4.78, 5) is 21.4. The van der Waals surface area contributed by atoms with Crippen molar-refractivity contribution >= 4 is 11.6 Å². The van der Waals surface area contributed by atoms with Gasteiger partial charge >= 0.3 is 5.69 Å². The molecular weight excluding hydrogens is 255 g/mol. The summed E-state index contributed by atoms with van der Waals surface area (Å²) >= 11 is 0. The van der Waals surface area contributed by atoms with Crippen LogP contribution in [0.4, 0.5) is 10.1 Å². The number of hydrogen-bond acceptors (Lipinski definition) is 4. The van der Waals surface area contributed by atoms with Gasteiger partial charge in [0.15, 0.2) is 0 Å². The number of rotatable bonds is 5. The van der Waals surface area contributed by atoms with E-state index in [0.717, 1.165) is 18.2 Å². The summed E-state index contributed by atoms with van der Waals surface area (Å²) < 4.78 is 13.1. The van der Waals surface area contributed by atoms with Gasteiger partial charge in [-0.05, 0) is 25.5 Å². The molecule has 0 aliphatic heterocycles. The highest BCUT2D eigenvalue weighted by molar-refractivity contribution is 5.94. The van der Waals surface area contributed by atoms with E-state index >= 15 is 0 Å². The lowest BCUT2D eigenvalue weighted by Gasteiger charge is -2.21. The van der Waals surface area contributed by atoms with Crippen LogP contribution in [0.3, 0.4) is 0 Å². The van der Waals surface area contributed by atoms with Crippen LogP contribution < -0.4 is 5.32 Å². The Morgan fingerprint density at radius 1 is 1.58 bits per heavy atom. The maximum absolute atomic E-state index is 13.1. The summed E-state index contributed by atoms with van der Waals surface area (Å²) in [7, 11) is 0. The first-order valence-corrected chi connectivity index (χ1v) is 5.71. The summed E-state index contributed by atoms with van der Waals surface area (Å²) in [5.41, 5.74) is -1.84. The first kappa shape index (κ1) is 15.0. The molecule has 0 aliphatic rings. The molecule has 1 aromatic carbocycles. The molecule has 0 saturated heterocycles. The molecule has 0 saturated carbocycles. The summed E-state index contributed by atoms with van der Waals surface area (Å²) in [5.74, 6) is -1.60. The molecule has 0 fully saturated rings. The van der Waals surface area contributed by atoms with Crippen LogP contribution in [-0.4, -0.2) is 28.1 Å². The number of benzene rings is 1. The number of carbonyl (C=O) groups excluding carboxylic acids is 1. The van der Waals surface area contributed by atoms with Crippen molar-refractivity contribution < 1.29 is 19.2 Å². The molecule has 0 heterocycles. The number of nitro benzene ring substituents is 1. The van der Waals surface area contributed by atoms with E-state index in [1.807, 2.05) is 0 Å². The summed E-state index contributed by atoms with van der Waals surface area (Å²) in [5, 5.41) is 22.7. The monoisotopic (exact) mass is 270 g/mol. The Kier molecular flexibility index (Phi) is 4.55. The van der Waals surface area contributed by atoms with E-state index in [4.69, 9.17) is 0 Å². The molecule has 0 bridgehead atoms. The van der Waals surface area contributed by atoms with Crippen molar-refractivity contribution in [3.05, 3.63) is 39.7 Å². The first-order chi connectivity index (χ1) is 8.76. The van der Waals surface area contributed by atoms with Gasteiger partial charge in [-0.15, -0.1) is 0 Å². The standard InChI is InChI=1S/C12H15FN2O4/c1-3-12(2,17)7-14-11(16)8-4-5-9(13)10(6-8)15(18)19/h4-6,17H,3,7H2,1-2H3,(H,14,16). The predicted octanol–water partition coefficient (Wildman–Crippen LogP) is 1.62. The number of amides is 1. The van der Waals surface area contributed by atoms with Crippen LogP contribution in [0.2, 0.25) is 0 Å². The quantitative estimate of drug-likeness (QED) is 0.628. The number of aliphatic hydroxyl groups is 1. The molecule has 7 heteroatoms. The van der Waals surface area contributed by atoms with Crippen LogP contribution in [0.15, 0.2) is 18.2 Å². The Morgan fingerprint density at radius 2 is 2.21 bits per heavy atom. The second-order valence-electron chi connectivity index (χ2n) is 4.46. The number of nitro groups is 1. The third-order valence-corrected chi connectivity index (χ3v) is 2.80. The minimum absolute atomic E-state index is 0.00745. The summed E-state index contributed by atoms with van der Waals surface area (Å²) in [6, 6.07) is 2.88. The van der Waals surface area contributed by atoms with Crippen molar-refractivity contribution in [1.82, 2.24) is 5.32 Å². The van der Waals surface area contributed by atoms with E-state index in [1.54, 1.807) is 13.8 Å². The normalized spacial score (nSPS) is 13.7. The van der Waals surface area contributed by atoms with Crippen LogP contribution in [0.5, 0.6) is 0 Å². The molecule has 104 valence electrons. The lowest BCUT2D eigenvalue weighted by molar-refractivity contribution is -0.387. The fourth-order valence-electron chi connectivity index (χ4n) is 1.29. The lowest BCUT2D eigenvalue weighted by atomic mass is 10.0. The lowest BCUT2D eigenvalue weighted by Crippen LogP contribution is -2.40. The van der Waals surface area contributed by atoms with Crippen molar-refractivity contribution in [3.63, 3.8) is 0 Å². The van der Waals surface area contributed by atoms with Gasteiger partial charge in [-0.3, -0.25) is 14.9 Å². The van der Waals surface area contributed by atoms with Gasteiger partial charge in [0.2, 0.25) is 5.82 Å². The highest BCUT2D eigenvalue weighted by Gasteiger charge is 2.21. The van der Waals surface area contributed by atoms with E-state index < -0.39 is 27.9 Å². The van der Waals surface area contributed by atoms with E-state index in [-0.39, 0.29) is 12.1 Å². The molecule has 19 heavy (non-hydrogen) atoms. The molecular formula is C12H15FN2O4. The third kappa shape index (κ3) is 3.99. The zero-order valence-corrected chi connectivity index (χ0v) is 10.6. The fraction of sp³-hybridized carbons (Fsp3) is 0.417. The average Bonchev–Trinajstić information content (AvgIpc) is 2.36. The minimum Gasteiger partial charge on any atom is -0.388 e. The third-order valence-electron chi connectivity index (χ3n) is 2.80. The zero-order chi connectivity index (χ0) is 14.6. The molecule has 1 amide bonds. The Balaban J connectivity index is 2.84. The van der Waals surface area contributed by atoms with Crippen molar-refractivity contribution in [2.24, 2.45) is 0 Å². The minimum atomic E-state index is -1.05. The van der Waals surface area contributed by atoms with Gasteiger partial charge in [0.05, 0.1) is 10.5 Å². The van der Waals surface area contributed by atoms with Crippen molar-refractivity contribution in [1.29, 1.82) is 0 Å². The van der Waals surface area contributed by atoms with E-state index in [9.17, 15) is 24.4 Å². The molecule has 1 unspecified atom stereocenters. The SMILES string of the molecule is CCC(C)(O)CNC(=O)c1ccc(F)c([N+](=O)[O-])c1. The van der Waals surface area contributed by atoms with Gasteiger partial charge < -0.3 is 10.4 Å². The summed E-state index contributed by atoms with van der Waals surface area (Å²) in [6.45, 7) is 3.32. The molecule has 1 rings (SSSR count). The van der Waals surface area contributed by atoms with Gasteiger partial charge in [0.25, 0.3) is 5.91 Å². The number of nitrogens with zero attached hydrogens (tertiary/aromatic N) is 1. The molecule has 0 aliphatic carbocycles. The smallest absolute Gasteiger partial charge is 0.305 e. The zero-order valence-electron chi connectivity index (χ0n) is 10.6. The van der Waals surface area contributed by atoms with Crippen LogP contribution >= 0.6 is 0 Å². The number of hydrogen-bond donors (Lipinski definition) is 2. The Hall–Kier alpha value is -2.02. The van der Waals surface area contributed by atoms with Crippen LogP contribution in [0.25, 0.3) is 0 Å². The largest absolute Gasteiger partial charge is 0.388 e. The molecule has 1 atom stereocenters. The first-order valence-electron chi connectivity index (χ1n) is 5.71. The second kappa shape index (κ2) is 5.75. The highest BCUT2D eigenvalue weighted by Crippen LogP contribution is 2.18. The number of halogens is 1. The van der Waals surface area contributed by atoms with Crippen molar-refractivity contribution in [3.8, 4) is 0 Å². The van der Waals surface area contributed by atoms with Gasteiger partial charge in [-0.2, -0.15) is 4.39 Å². The molecule has 2 N–H and O–H groups in total. The van der Waals surface area contributed by atoms with Gasteiger partial charge in [-0.25, -0.2) is 0 Å². The number of nitrogens with one attached hydrogen (secondary N) is 1. The van der Waals surface area contributed by atoms with Crippen LogP contribution in [0.1, 0.15) is 30.6 Å². The molecule has 0 aromatic heterocycles. The molecule has 6 nitrogen and oxygen atoms in total. The van der Waals surface area contributed by atoms with Crippen LogP contribution in [-0.2, 0) is 0 Å². The highest BCUT2D eigenvalue weighted by atomic mass is 19.1. The Morgan fingerprint density at radius 3 is 2.74 bits per heavy atom. The molecule has 0 spiro atoms. The maximum atomic E-state index is 13.1. The second-order valence-corrected chi connectivity index (χ2v) is 4.46. The molecule has 0 radical (unpaired) electrons. The fourth-order valence-corrected chi connectivity index (χ4v) is 1.29. The van der Waals surface area contributed by atoms with Crippen molar-refractivity contribution in [2.75, 3.05) is 6.54 Å². The van der Waals surface area contributed by atoms with Gasteiger partial charge in [0.1, 0.15) is 0 Å². The van der Waals surface area contributed by atoms with E-state index in [2.05, 4.69) is 5.32 Å². The van der Waals surface area contributed by atoms with E-state index in [0.29, 0.717) is 6.42 Å². The van der Waals surface area contributed by atoms with Crippen molar-refractivity contribution in [2.45, 2.75) is 25.9 Å².